The number of aromatic nitrogens is 1. The highest BCUT2D eigenvalue weighted by atomic mass is 35.5. The van der Waals surface area contributed by atoms with Crippen molar-refractivity contribution in [3.8, 4) is 5.75 Å². The fourth-order valence-electron chi connectivity index (χ4n) is 5.21. The van der Waals surface area contributed by atoms with E-state index < -0.39 is 10.0 Å². The van der Waals surface area contributed by atoms with E-state index in [-0.39, 0.29) is 36.3 Å². The van der Waals surface area contributed by atoms with Gasteiger partial charge in [-0.2, -0.15) is 4.31 Å². The summed E-state index contributed by atoms with van der Waals surface area (Å²) in [6.07, 6.45) is 1.48. The summed E-state index contributed by atoms with van der Waals surface area (Å²) in [5.41, 5.74) is 2.96. The molecule has 0 bridgehead atoms. The molecule has 1 amide bonds. The van der Waals surface area contributed by atoms with Crippen molar-refractivity contribution in [2.75, 3.05) is 53.0 Å². The van der Waals surface area contributed by atoms with E-state index in [4.69, 9.17) is 9.47 Å². The number of carbonyl (C=O) groups excluding carboxylic acids is 1. The summed E-state index contributed by atoms with van der Waals surface area (Å²) in [6, 6.07) is 14.5. The second kappa shape index (κ2) is 12.5. The van der Waals surface area contributed by atoms with Gasteiger partial charge in [0, 0.05) is 42.8 Å². The van der Waals surface area contributed by atoms with Crippen molar-refractivity contribution in [3.63, 3.8) is 0 Å². The lowest BCUT2D eigenvalue weighted by atomic mass is 10.0. The molecule has 3 aromatic rings. The molecule has 0 saturated carbocycles. The Morgan fingerprint density at radius 3 is 2.53 bits per heavy atom. The summed E-state index contributed by atoms with van der Waals surface area (Å²) in [7, 11) is -2.14. The fourth-order valence-corrected chi connectivity index (χ4v) is 6.61. The van der Waals surface area contributed by atoms with Crippen molar-refractivity contribution >= 4 is 39.2 Å². The van der Waals surface area contributed by atoms with Gasteiger partial charge in [0.25, 0.3) is 0 Å². The van der Waals surface area contributed by atoms with Crippen molar-refractivity contribution in [3.05, 3.63) is 59.8 Å². The molecule has 11 heteroatoms. The van der Waals surface area contributed by atoms with Gasteiger partial charge in [0.05, 0.1) is 31.8 Å². The van der Waals surface area contributed by atoms with E-state index in [0.717, 1.165) is 61.4 Å². The zero-order valence-corrected chi connectivity index (χ0v) is 23.2. The maximum absolute atomic E-state index is 13.4. The van der Waals surface area contributed by atoms with Crippen LogP contribution in [0.2, 0.25) is 0 Å². The Kier molecular flexibility index (Phi) is 9.32. The summed E-state index contributed by atoms with van der Waals surface area (Å²) in [5.74, 6) is 0.539. The van der Waals surface area contributed by atoms with Crippen LogP contribution in [0.1, 0.15) is 17.7 Å². The number of methoxy groups -OCH3 is 1. The van der Waals surface area contributed by atoms with Gasteiger partial charge in [0.15, 0.2) is 0 Å². The number of ether oxygens (including phenoxy) is 2. The Morgan fingerprint density at radius 1 is 1.05 bits per heavy atom. The summed E-state index contributed by atoms with van der Waals surface area (Å²) in [5, 5.41) is 4.13. The molecule has 2 aliphatic heterocycles. The standard InChI is InChI=1S/C27H34N4O5S.ClH/c1-35-21-7-9-22(10-8-21)37(33,34)30-14-11-24-23-5-2-3-6-25(23)31(26(24)19-30)20-27(32)28-12-4-13-29-15-17-36-18-16-29;/h2-3,5-10H,4,11-20H2,1H3,(H,28,32);1H. The molecule has 0 radical (unpaired) electrons. The minimum absolute atomic E-state index is 0. The Hall–Kier alpha value is -2.63. The molecule has 1 N–H and O–H groups in total. The topological polar surface area (TPSA) is 93.1 Å². The van der Waals surface area contributed by atoms with E-state index in [1.165, 1.54) is 4.31 Å². The first-order valence-electron chi connectivity index (χ1n) is 12.8. The van der Waals surface area contributed by atoms with Gasteiger partial charge in [0.2, 0.25) is 15.9 Å². The third-order valence-electron chi connectivity index (χ3n) is 7.21. The highest BCUT2D eigenvalue weighted by Gasteiger charge is 2.32. The second-order valence-corrected chi connectivity index (χ2v) is 11.4. The van der Waals surface area contributed by atoms with Crippen LogP contribution in [-0.2, 0) is 39.1 Å². The van der Waals surface area contributed by atoms with Crippen molar-refractivity contribution in [1.29, 1.82) is 0 Å². The molecule has 1 fully saturated rings. The number of nitrogens with zero attached hydrogens (tertiary/aromatic N) is 3. The van der Waals surface area contributed by atoms with E-state index in [2.05, 4.69) is 16.3 Å². The molecule has 1 saturated heterocycles. The summed E-state index contributed by atoms with van der Waals surface area (Å²) < 4.78 is 40.9. The lowest BCUT2D eigenvalue weighted by Crippen LogP contribution is -2.39. The number of halogens is 1. The number of fused-ring (bicyclic) bond motifs is 3. The van der Waals surface area contributed by atoms with Crippen LogP contribution in [0.15, 0.2) is 53.4 Å². The Morgan fingerprint density at radius 2 is 1.79 bits per heavy atom. The molecule has 2 aliphatic rings. The number of hydrogen-bond donors (Lipinski definition) is 1. The number of benzene rings is 2. The van der Waals surface area contributed by atoms with Crippen LogP contribution in [0.25, 0.3) is 10.9 Å². The molecule has 0 atom stereocenters. The number of para-hydroxylation sites is 1. The van der Waals surface area contributed by atoms with Gasteiger partial charge >= 0.3 is 0 Å². The van der Waals surface area contributed by atoms with E-state index in [1.807, 2.05) is 22.8 Å². The SMILES string of the molecule is COc1ccc(S(=O)(=O)N2CCc3c(n(CC(=O)NCCCN4CCOCC4)c4ccccc34)C2)cc1.Cl. The molecule has 38 heavy (non-hydrogen) atoms. The van der Waals surface area contributed by atoms with Crippen LogP contribution in [0.5, 0.6) is 5.75 Å². The van der Waals surface area contributed by atoms with Crippen LogP contribution in [-0.4, -0.2) is 81.1 Å². The molecule has 2 aromatic carbocycles. The maximum Gasteiger partial charge on any atom is 0.243 e. The molecule has 0 unspecified atom stereocenters. The molecule has 1 aromatic heterocycles. The number of nitrogens with one attached hydrogen (secondary N) is 1. The van der Waals surface area contributed by atoms with Gasteiger partial charge in [-0.1, -0.05) is 18.2 Å². The van der Waals surface area contributed by atoms with Gasteiger partial charge in [0.1, 0.15) is 12.3 Å². The Bertz CT molecular complexity index is 1350. The first-order valence-corrected chi connectivity index (χ1v) is 14.2. The second-order valence-electron chi connectivity index (χ2n) is 9.45. The largest absolute Gasteiger partial charge is 0.497 e. The van der Waals surface area contributed by atoms with E-state index >= 15 is 0 Å². The molecule has 0 spiro atoms. The molecule has 3 heterocycles. The van der Waals surface area contributed by atoms with E-state index in [9.17, 15) is 13.2 Å². The predicted molar refractivity (Wildman–Crippen MR) is 148 cm³/mol. The normalized spacial score (nSPS) is 16.6. The van der Waals surface area contributed by atoms with Crippen molar-refractivity contribution < 1.29 is 22.7 Å². The monoisotopic (exact) mass is 562 g/mol. The lowest BCUT2D eigenvalue weighted by molar-refractivity contribution is -0.121. The van der Waals surface area contributed by atoms with Crippen molar-refractivity contribution in [1.82, 2.24) is 19.1 Å². The average Bonchev–Trinajstić information content (AvgIpc) is 3.24. The van der Waals surface area contributed by atoms with Gasteiger partial charge in [-0.25, -0.2) is 8.42 Å². The smallest absolute Gasteiger partial charge is 0.243 e. The molecule has 9 nitrogen and oxygen atoms in total. The number of rotatable bonds is 9. The van der Waals surface area contributed by atoms with Crippen LogP contribution in [0, 0.1) is 0 Å². The highest BCUT2D eigenvalue weighted by molar-refractivity contribution is 7.89. The number of amides is 1. The zero-order chi connectivity index (χ0) is 25.8. The van der Waals surface area contributed by atoms with Gasteiger partial charge in [-0.3, -0.25) is 9.69 Å². The highest BCUT2D eigenvalue weighted by Crippen LogP contribution is 2.33. The first-order chi connectivity index (χ1) is 18.0. The number of morpholine rings is 1. The average molecular weight is 563 g/mol. The molecule has 5 rings (SSSR count). The molecular formula is C27H35ClN4O5S. The predicted octanol–water partition coefficient (Wildman–Crippen LogP) is 2.66. The van der Waals surface area contributed by atoms with E-state index in [0.29, 0.717) is 25.3 Å². The lowest BCUT2D eigenvalue weighted by Gasteiger charge is -2.28. The van der Waals surface area contributed by atoms with E-state index in [1.54, 1.807) is 31.4 Å². The minimum atomic E-state index is -3.69. The summed E-state index contributed by atoms with van der Waals surface area (Å²) in [6.45, 7) is 5.72. The molecule has 0 aliphatic carbocycles. The Balaban J connectivity index is 0.00000336. The minimum Gasteiger partial charge on any atom is -0.497 e. The number of sulfonamides is 1. The molecular weight excluding hydrogens is 528 g/mol. The van der Waals surface area contributed by atoms with Gasteiger partial charge in [-0.05, 0) is 55.3 Å². The zero-order valence-electron chi connectivity index (χ0n) is 21.6. The molecule has 206 valence electrons. The first kappa shape index (κ1) is 28.4. The maximum atomic E-state index is 13.4. The van der Waals surface area contributed by atoms with Gasteiger partial charge < -0.3 is 19.4 Å². The fraction of sp³-hybridized carbons (Fsp3) is 0.444. The Labute approximate surface area is 230 Å². The van der Waals surface area contributed by atoms with Crippen LogP contribution >= 0.6 is 12.4 Å². The third-order valence-corrected chi connectivity index (χ3v) is 9.07. The van der Waals surface area contributed by atoms with Crippen LogP contribution < -0.4 is 10.1 Å². The number of carbonyl (C=O) groups is 1. The van der Waals surface area contributed by atoms with Crippen LogP contribution in [0.4, 0.5) is 0 Å². The third kappa shape index (κ3) is 6.00. The van der Waals surface area contributed by atoms with Crippen molar-refractivity contribution in [2.45, 2.75) is 30.8 Å². The summed E-state index contributed by atoms with van der Waals surface area (Å²) >= 11 is 0. The van der Waals surface area contributed by atoms with Gasteiger partial charge in [-0.15, -0.1) is 12.4 Å². The van der Waals surface area contributed by atoms with Crippen molar-refractivity contribution in [2.24, 2.45) is 0 Å². The number of hydrogen-bond acceptors (Lipinski definition) is 6. The summed E-state index contributed by atoms with van der Waals surface area (Å²) in [4.78, 5) is 15.5. The quantitative estimate of drug-likeness (QED) is 0.403. The van der Waals surface area contributed by atoms with Crippen LogP contribution in [0.3, 0.4) is 0 Å².